The van der Waals surface area contributed by atoms with Crippen LogP contribution < -0.4 is 0 Å². The molecule has 2 heteroatoms. The van der Waals surface area contributed by atoms with Gasteiger partial charge in [-0.15, -0.1) is 0 Å². The molecule has 0 amide bonds. The average molecular weight is 229 g/mol. The highest BCUT2D eigenvalue weighted by Gasteiger charge is 2.12. The Morgan fingerprint density at radius 1 is 0.933 bits per heavy atom. The summed E-state index contributed by atoms with van der Waals surface area (Å²) >= 11 is 0. The molecule has 0 aliphatic rings. The summed E-state index contributed by atoms with van der Waals surface area (Å²) in [5, 5.41) is 0. The summed E-state index contributed by atoms with van der Waals surface area (Å²) in [6, 6.07) is 0. The predicted molar refractivity (Wildman–Crippen MR) is 70.1 cm³/mol. The van der Waals surface area contributed by atoms with Crippen LogP contribution in [0.1, 0.15) is 58.8 Å². The van der Waals surface area contributed by atoms with Gasteiger partial charge in [0, 0.05) is 0 Å². The Morgan fingerprint density at radius 2 is 1.67 bits per heavy atom. The quantitative estimate of drug-likeness (QED) is 0.288. The van der Waals surface area contributed by atoms with Crippen LogP contribution in [0.25, 0.3) is 0 Å². The van der Waals surface area contributed by atoms with Gasteiger partial charge in [-0.3, -0.25) is 0 Å². The van der Waals surface area contributed by atoms with Crippen molar-refractivity contribution in [3.8, 4) is 0 Å². The van der Waals surface area contributed by atoms with Gasteiger partial charge < -0.3 is 0 Å². The Morgan fingerprint density at radius 3 is 2.33 bits per heavy atom. The molecule has 15 heavy (non-hydrogen) atoms. The van der Waals surface area contributed by atoms with Crippen molar-refractivity contribution in [2.75, 3.05) is 12.3 Å². The monoisotopic (exact) mass is 229 g/mol. The standard InChI is InChI=1S/C13H26OP/c1-3-5-7-9-11-13-15(14)12-10-8-6-4-2/h5,7H,3-4,6,8-13H2,1-2H3/q+1. The van der Waals surface area contributed by atoms with Crippen molar-refractivity contribution in [3.05, 3.63) is 12.2 Å². The third-order valence-corrected chi connectivity index (χ3v) is 4.07. The topological polar surface area (TPSA) is 17.1 Å². The second-order valence-corrected chi connectivity index (χ2v) is 5.87. The van der Waals surface area contributed by atoms with Gasteiger partial charge in [0.1, 0.15) is 12.3 Å². The molecule has 0 saturated heterocycles. The van der Waals surface area contributed by atoms with Crippen LogP contribution in [-0.2, 0) is 4.57 Å². The normalized spacial score (nSPS) is 12.3. The summed E-state index contributed by atoms with van der Waals surface area (Å²) in [6.45, 7) is 4.35. The summed E-state index contributed by atoms with van der Waals surface area (Å²) in [5.74, 6) is 0. The second-order valence-electron chi connectivity index (χ2n) is 4.01. The van der Waals surface area contributed by atoms with Crippen LogP contribution in [0.5, 0.6) is 0 Å². The maximum Gasteiger partial charge on any atom is 0.338 e. The van der Waals surface area contributed by atoms with Crippen molar-refractivity contribution in [2.24, 2.45) is 0 Å². The number of hydrogen-bond acceptors (Lipinski definition) is 1. The molecule has 0 fully saturated rings. The molecule has 0 aromatic carbocycles. The van der Waals surface area contributed by atoms with Crippen molar-refractivity contribution in [3.63, 3.8) is 0 Å². The first-order valence-corrected chi connectivity index (χ1v) is 8.01. The van der Waals surface area contributed by atoms with Crippen molar-refractivity contribution < 1.29 is 4.57 Å². The molecule has 0 rings (SSSR count). The number of unbranched alkanes of at least 4 members (excludes halogenated alkanes) is 4. The van der Waals surface area contributed by atoms with Gasteiger partial charge in [0.05, 0.1) is 0 Å². The van der Waals surface area contributed by atoms with Gasteiger partial charge in [0.2, 0.25) is 0 Å². The van der Waals surface area contributed by atoms with E-state index in [0.717, 1.165) is 38.0 Å². The molecule has 0 heterocycles. The molecule has 1 unspecified atom stereocenters. The van der Waals surface area contributed by atoms with Crippen LogP contribution in [0.15, 0.2) is 12.2 Å². The Balaban J connectivity index is 3.22. The summed E-state index contributed by atoms with van der Waals surface area (Å²) in [4.78, 5) is 0. The van der Waals surface area contributed by atoms with Gasteiger partial charge in [-0.05, 0) is 32.1 Å². The number of allylic oxidation sites excluding steroid dienone is 2. The molecule has 1 nitrogen and oxygen atoms in total. The van der Waals surface area contributed by atoms with Crippen LogP contribution in [0, 0.1) is 0 Å². The summed E-state index contributed by atoms with van der Waals surface area (Å²) in [7, 11) is -0.902. The van der Waals surface area contributed by atoms with Crippen molar-refractivity contribution in [1.29, 1.82) is 0 Å². The summed E-state index contributed by atoms with van der Waals surface area (Å²) in [6.07, 6.45) is 14.6. The fourth-order valence-corrected chi connectivity index (χ4v) is 2.83. The average Bonchev–Trinajstić information content (AvgIpc) is 2.24. The first-order valence-electron chi connectivity index (χ1n) is 6.38. The van der Waals surface area contributed by atoms with Crippen molar-refractivity contribution >= 4 is 7.80 Å². The maximum atomic E-state index is 11.6. The Labute approximate surface area is 96.1 Å². The van der Waals surface area contributed by atoms with Gasteiger partial charge >= 0.3 is 7.80 Å². The lowest BCUT2D eigenvalue weighted by atomic mass is 10.2. The number of hydrogen-bond donors (Lipinski definition) is 0. The van der Waals surface area contributed by atoms with E-state index < -0.39 is 7.80 Å². The van der Waals surface area contributed by atoms with Gasteiger partial charge in [-0.25, -0.2) is 0 Å². The highest BCUT2D eigenvalue weighted by Crippen LogP contribution is 2.24. The van der Waals surface area contributed by atoms with Gasteiger partial charge in [0.25, 0.3) is 0 Å². The van der Waals surface area contributed by atoms with Gasteiger partial charge in [-0.2, -0.15) is 0 Å². The van der Waals surface area contributed by atoms with E-state index in [1.54, 1.807) is 0 Å². The molecule has 0 bridgehead atoms. The minimum atomic E-state index is -0.902. The van der Waals surface area contributed by atoms with E-state index >= 15 is 0 Å². The van der Waals surface area contributed by atoms with E-state index in [0.29, 0.717) is 0 Å². The Kier molecular flexibility index (Phi) is 11.8. The van der Waals surface area contributed by atoms with Gasteiger partial charge in [-0.1, -0.05) is 43.4 Å². The van der Waals surface area contributed by atoms with E-state index in [9.17, 15) is 4.57 Å². The number of rotatable bonds is 10. The van der Waals surface area contributed by atoms with Crippen molar-refractivity contribution in [2.45, 2.75) is 58.8 Å². The third kappa shape index (κ3) is 11.8. The zero-order valence-electron chi connectivity index (χ0n) is 10.4. The molecule has 0 spiro atoms. The molecule has 0 radical (unpaired) electrons. The first-order chi connectivity index (χ1) is 7.31. The van der Waals surface area contributed by atoms with Crippen molar-refractivity contribution in [1.82, 2.24) is 0 Å². The summed E-state index contributed by atoms with van der Waals surface area (Å²) in [5.41, 5.74) is 0. The SMILES string of the molecule is CCC=CCCC[P+](=O)CCCCCC. The maximum absolute atomic E-state index is 11.6. The fourth-order valence-electron chi connectivity index (χ4n) is 1.50. The molecule has 0 aliphatic carbocycles. The molecule has 1 atom stereocenters. The Bertz CT molecular complexity index is 175. The summed E-state index contributed by atoms with van der Waals surface area (Å²) < 4.78 is 11.6. The second kappa shape index (κ2) is 11.9. The molecular formula is C13H26OP+. The zero-order chi connectivity index (χ0) is 11.4. The van der Waals surface area contributed by atoms with E-state index in [-0.39, 0.29) is 0 Å². The van der Waals surface area contributed by atoms with Crippen LogP contribution in [0.4, 0.5) is 0 Å². The van der Waals surface area contributed by atoms with E-state index in [2.05, 4.69) is 26.0 Å². The van der Waals surface area contributed by atoms with Crippen LogP contribution in [0.3, 0.4) is 0 Å². The van der Waals surface area contributed by atoms with Crippen LogP contribution in [-0.4, -0.2) is 12.3 Å². The molecule has 0 N–H and O–H groups in total. The zero-order valence-corrected chi connectivity index (χ0v) is 11.3. The molecule has 0 aromatic heterocycles. The first kappa shape index (κ1) is 14.8. The van der Waals surface area contributed by atoms with E-state index in [4.69, 9.17) is 0 Å². The highest BCUT2D eigenvalue weighted by atomic mass is 31.1. The van der Waals surface area contributed by atoms with E-state index in [1.165, 1.54) is 19.3 Å². The predicted octanol–water partition coefficient (Wildman–Crippen LogP) is 5.14. The lowest BCUT2D eigenvalue weighted by Crippen LogP contribution is -1.85. The molecule has 0 aromatic rings. The minimum absolute atomic E-state index is 0.902. The molecule has 0 aliphatic heterocycles. The molecule has 88 valence electrons. The minimum Gasteiger partial charge on any atom is -0.0888 e. The third-order valence-electron chi connectivity index (χ3n) is 2.44. The molecular weight excluding hydrogens is 203 g/mol. The van der Waals surface area contributed by atoms with Crippen LogP contribution in [0.2, 0.25) is 0 Å². The van der Waals surface area contributed by atoms with Crippen LogP contribution >= 0.6 is 7.80 Å². The highest BCUT2D eigenvalue weighted by molar-refractivity contribution is 7.44. The fraction of sp³-hybridized carbons (Fsp3) is 0.846. The van der Waals surface area contributed by atoms with E-state index in [1.807, 2.05) is 0 Å². The largest absolute Gasteiger partial charge is 0.338 e. The van der Waals surface area contributed by atoms with Gasteiger partial charge in [0.15, 0.2) is 0 Å². The lowest BCUT2D eigenvalue weighted by molar-refractivity contribution is 0.582. The molecule has 0 saturated carbocycles. The smallest absolute Gasteiger partial charge is 0.0888 e. The Hall–Kier alpha value is -0.160. The lowest BCUT2D eigenvalue weighted by Gasteiger charge is -1.92.